The predicted octanol–water partition coefficient (Wildman–Crippen LogP) is 2.85. The van der Waals surface area contributed by atoms with Gasteiger partial charge in [0.15, 0.2) is 5.69 Å². The SMILES string of the molecule is [B]c1ccc2c(c1N=Nc1c(C)c(C#N)c(O)n(CC(C)C)c1=O)C(=O)N(CC(C)C)C2=O. The first-order chi connectivity index (χ1) is 15.5. The number of nitriles is 1. The fourth-order valence-electron chi connectivity index (χ4n) is 3.70. The van der Waals surface area contributed by atoms with Gasteiger partial charge in [-0.2, -0.15) is 10.4 Å². The topological polar surface area (TPSA) is 128 Å². The van der Waals surface area contributed by atoms with E-state index in [-0.39, 0.29) is 64.0 Å². The molecule has 0 saturated carbocycles. The fraction of sp³-hybridized carbons (Fsp3) is 0.391. The van der Waals surface area contributed by atoms with Crippen LogP contribution < -0.4 is 11.0 Å². The van der Waals surface area contributed by atoms with Gasteiger partial charge in [0.25, 0.3) is 17.4 Å². The summed E-state index contributed by atoms with van der Waals surface area (Å²) in [5.74, 6) is -1.32. The highest BCUT2D eigenvalue weighted by molar-refractivity contribution is 6.38. The molecular formula is C23H24BN5O4. The molecule has 1 aromatic heterocycles. The van der Waals surface area contributed by atoms with E-state index in [2.05, 4.69) is 10.2 Å². The second-order valence-corrected chi connectivity index (χ2v) is 8.83. The summed E-state index contributed by atoms with van der Waals surface area (Å²) in [6.45, 7) is 9.39. The van der Waals surface area contributed by atoms with E-state index in [1.807, 2.05) is 33.8 Å². The average molecular weight is 445 g/mol. The summed E-state index contributed by atoms with van der Waals surface area (Å²) in [6, 6.07) is 4.82. The number of rotatable bonds is 6. The molecule has 0 bridgehead atoms. The molecule has 0 aliphatic carbocycles. The van der Waals surface area contributed by atoms with Crippen LogP contribution in [-0.4, -0.2) is 40.8 Å². The lowest BCUT2D eigenvalue weighted by Gasteiger charge is -2.16. The molecule has 10 heteroatoms. The number of benzene rings is 1. The molecule has 0 spiro atoms. The largest absolute Gasteiger partial charge is 0.493 e. The number of nitrogens with zero attached hydrogens (tertiary/aromatic N) is 5. The van der Waals surface area contributed by atoms with Gasteiger partial charge in [0.05, 0.1) is 16.8 Å². The van der Waals surface area contributed by atoms with E-state index >= 15 is 0 Å². The summed E-state index contributed by atoms with van der Waals surface area (Å²) in [7, 11) is 6.05. The third kappa shape index (κ3) is 4.18. The lowest BCUT2D eigenvalue weighted by molar-refractivity contribution is 0.0636. The lowest BCUT2D eigenvalue weighted by atomic mass is 9.90. The quantitative estimate of drug-likeness (QED) is 0.415. The Labute approximate surface area is 192 Å². The molecule has 2 heterocycles. The number of carbonyl (C=O) groups excluding carboxylic acids is 2. The molecule has 2 radical (unpaired) electrons. The van der Waals surface area contributed by atoms with Crippen molar-refractivity contribution in [3.63, 3.8) is 0 Å². The molecule has 33 heavy (non-hydrogen) atoms. The zero-order valence-electron chi connectivity index (χ0n) is 19.2. The van der Waals surface area contributed by atoms with E-state index in [9.17, 15) is 24.8 Å². The Hall–Kier alpha value is -3.74. The van der Waals surface area contributed by atoms with Crippen molar-refractivity contribution in [1.82, 2.24) is 9.47 Å². The standard InChI is InChI=1S/C23H24BN5O4/c1-11(2)9-28-20(30)14-6-7-16(24)19(17(14)22(28)32)27-26-18-13(5)15(8-25)21(31)29(23(18)33)10-12(3)4/h6-7,11-12,31H,9-10H2,1-5H3. The molecule has 0 fully saturated rings. The normalized spacial score (nSPS) is 13.5. The van der Waals surface area contributed by atoms with Gasteiger partial charge in [0, 0.05) is 18.7 Å². The summed E-state index contributed by atoms with van der Waals surface area (Å²) in [5, 5.41) is 28.0. The van der Waals surface area contributed by atoms with Crippen molar-refractivity contribution in [2.45, 2.75) is 41.2 Å². The minimum atomic E-state index is -0.628. The highest BCUT2D eigenvalue weighted by atomic mass is 16.3. The van der Waals surface area contributed by atoms with Crippen molar-refractivity contribution in [1.29, 1.82) is 5.26 Å². The Kier molecular flexibility index (Phi) is 6.54. The number of hydrogen-bond acceptors (Lipinski definition) is 7. The number of aromatic hydroxyl groups is 1. The van der Waals surface area contributed by atoms with Gasteiger partial charge < -0.3 is 5.11 Å². The van der Waals surface area contributed by atoms with Crippen LogP contribution in [0.3, 0.4) is 0 Å². The number of hydrogen-bond donors (Lipinski definition) is 1. The number of imide groups is 1. The molecule has 3 rings (SSSR count). The molecule has 1 aromatic carbocycles. The predicted molar refractivity (Wildman–Crippen MR) is 123 cm³/mol. The molecule has 0 unspecified atom stereocenters. The monoisotopic (exact) mass is 445 g/mol. The third-order valence-corrected chi connectivity index (χ3v) is 5.26. The van der Waals surface area contributed by atoms with Crippen molar-refractivity contribution in [2.24, 2.45) is 22.1 Å². The van der Waals surface area contributed by atoms with Crippen LogP contribution in [0.25, 0.3) is 0 Å². The molecular weight excluding hydrogens is 421 g/mol. The van der Waals surface area contributed by atoms with Crippen molar-refractivity contribution in [2.75, 3.05) is 6.54 Å². The van der Waals surface area contributed by atoms with Crippen molar-refractivity contribution in [3.8, 4) is 11.9 Å². The van der Waals surface area contributed by atoms with Crippen LogP contribution in [0.15, 0.2) is 27.2 Å². The first kappa shape index (κ1) is 23.9. The van der Waals surface area contributed by atoms with Crippen molar-refractivity contribution >= 4 is 36.5 Å². The number of fused-ring (bicyclic) bond motifs is 1. The summed E-state index contributed by atoms with van der Waals surface area (Å²) in [4.78, 5) is 39.9. The summed E-state index contributed by atoms with van der Waals surface area (Å²) in [5.41, 5.74) is -0.426. The average Bonchev–Trinajstić information content (AvgIpc) is 2.97. The van der Waals surface area contributed by atoms with Gasteiger partial charge in [-0.3, -0.25) is 23.9 Å². The lowest BCUT2D eigenvalue weighted by Crippen LogP contribution is -2.33. The van der Waals surface area contributed by atoms with Gasteiger partial charge in [-0.05, 0) is 24.8 Å². The minimum absolute atomic E-state index is 0.0104. The summed E-state index contributed by atoms with van der Waals surface area (Å²) in [6.07, 6.45) is 0. The van der Waals surface area contributed by atoms with Gasteiger partial charge in [-0.25, -0.2) is 0 Å². The number of azo groups is 1. The Morgan fingerprint density at radius 1 is 1.03 bits per heavy atom. The zero-order chi connectivity index (χ0) is 24.6. The van der Waals surface area contributed by atoms with Gasteiger partial charge in [0.1, 0.15) is 19.5 Å². The Morgan fingerprint density at radius 3 is 2.21 bits per heavy atom. The summed E-state index contributed by atoms with van der Waals surface area (Å²) >= 11 is 0. The van der Waals surface area contributed by atoms with Gasteiger partial charge >= 0.3 is 0 Å². The molecule has 9 nitrogen and oxygen atoms in total. The molecule has 2 amide bonds. The Morgan fingerprint density at radius 2 is 1.64 bits per heavy atom. The number of amides is 2. The highest BCUT2D eigenvalue weighted by Crippen LogP contribution is 2.32. The molecule has 168 valence electrons. The van der Waals surface area contributed by atoms with Gasteiger partial charge in [0.2, 0.25) is 5.88 Å². The van der Waals surface area contributed by atoms with E-state index in [1.54, 1.807) is 0 Å². The van der Waals surface area contributed by atoms with E-state index in [0.717, 1.165) is 9.47 Å². The molecule has 2 aromatic rings. The van der Waals surface area contributed by atoms with Crippen LogP contribution in [-0.2, 0) is 6.54 Å². The number of carbonyl (C=O) groups is 2. The second-order valence-electron chi connectivity index (χ2n) is 8.83. The molecule has 1 N–H and O–H groups in total. The van der Waals surface area contributed by atoms with E-state index < -0.39 is 23.3 Å². The minimum Gasteiger partial charge on any atom is -0.493 e. The van der Waals surface area contributed by atoms with E-state index in [4.69, 9.17) is 7.85 Å². The van der Waals surface area contributed by atoms with Crippen LogP contribution in [0.2, 0.25) is 0 Å². The van der Waals surface area contributed by atoms with Crippen LogP contribution in [0.5, 0.6) is 5.88 Å². The number of aromatic nitrogens is 1. The Bertz CT molecular complexity index is 1290. The van der Waals surface area contributed by atoms with Crippen molar-refractivity contribution in [3.05, 3.63) is 44.7 Å². The summed E-state index contributed by atoms with van der Waals surface area (Å²) < 4.78 is 1.07. The molecule has 1 aliphatic heterocycles. The van der Waals surface area contributed by atoms with Crippen LogP contribution in [0.4, 0.5) is 11.4 Å². The van der Waals surface area contributed by atoms with Crippen molar-refractivity contribution < 1.29 is 14.7 Å². The maximum Gasteiger partial charge on any atom is 0.281 e. The maximum atomic E-state index is 13.0. The molecule has 1 aliphatic rings. The molecule has 0 atom stereocenters. The van der Waals surface area contributed by atoms with E-state index in [0.29, 0.717) is 0 Å². The number of pyridine rings is 1. The first-order valence-corrected chi connectivity index (χ1v) is 10.6. The Balaban J connectivity index is 2.18. The first-order valence-electron chi connectivity index (χ1n) is 10.6. The van der Waals surface area contributed by atoms with Crippen LogP contribution in [0, 0.1) is 30.1 Å². The smallest absolute Gasteiger partial charge is 0.281 e. The van der Waals surface area contributed by atoms with E-state index in [1.165, 1.54) is 19.1 Å². The molecule has 0 saturated heterocycles. The second kappa shape index (κ2) is 9.02. The third-order valence-electron chi connectivity index (χ3n) is 5.26. The van der Waals surface area contributed by atoms with Crippen LogP contribution in [0.1, 0.15) is 59.5 Å². The fourth-order valence-corrected chi connectivity index (χ4v) is 3.70. The van der Waals surface area contributed by atoms with Gasteiger partial charge in [-0.1, -0.05) is 39.2 Å². The zero-order valence-corrected chi connectivity index (χ0v) is 19.2. The maximum absolute atomic E-state index is 13.0. The highest BCUT2D eigenvalue weighted by Gasteiger charge is 2.38. The van der Waals surface area contributed by atoms with Gasteiger partial charge in [-0.15, -0.1) is 5.11 Å². The van der Waals surface area contributed by atoms with Crippen LogP contribution >= 0.6 is 0 Å².